The van der Waals surface area contributed by atoms with Gasteiger partial charge in [0.1, 0.15) is 11.6 Å². The molecular weight excluding hydrogens is 286 g/mol. The van der Waals surface area contributed by atoms with Gasteiger partial charge in [0.15, 0.2) is 0 Å². The highest BCUT2D eigenvalue weighted by Gasteiger charge is 2.38. The van der Waals surface area contributed by atoms with Crippen LogP contribution in [0.4, 0.5) is 0 Å². The second-order valence-electron chi connectivity index (χ2n) is 4.08. The highest BCUT2D eigenvalue weighted by atomic mass is 32.2. The molecule has 1 heterocycles. The normalized spacial score (nSPS) is 18.1. The molecular formula is C12H19NO4S2. The van der Waals surface area contributed by atoms with Crippen molar-refractivity contribution in [2.45, 2.75) is 25.5 Å². The fourth-order valence-corrected chi connectivity index (χ4v) is 2.47. The molecule has 0 aromatic heterocycles. The first-order valence-corrected chi connectivity index (χ1v) is 8.36. The Kier molecular flexibility index (Phi) is 8.75. The van der Waals surface area contributed by atoms with E-state index in [9.17, 15) is 19.2 Å². The number of ketones is 2. The van der Waals surface area contributed by atoms with E-state index in [0.29, 0.717) is 5.75 Å². The van der Waals surface area contributed by atoms with Crippen molar-refractivity contribution in [3.05, 3.63) is 0 Å². The monoisotopic (exact) mass is 305 g/mol. The summed E-state index contributed by atoms with van der Waals surface area (Å²) in [4.78, 5) is 44.4. The Labute approximate surface area is 121 Å². The maximum Gasteiger partial charge on any atom is 0.243 e. The molecule has 0 aliphatic carbocycles. The molecule has 1 aliphatic rings. The van der Waals surface area contributed by atoms with E-state index in [-0.39, 0.29) is 41.6 Å². The van der Waals surface area contributed by atoms with E-state index in [1.807, 2.05) is 6.26 Å². The van der Waals surface area contributed by atoms with Gasteiger partial charge in [-0.15, -0.1) is 0 Å². The van der Waals surface area contributed by atoms with Crippen LogP contribution in [0.5, 0.6) is 0 Å². The van der Waals surface area contributed by atoms with Gasteiger partial charge in [0.05, 0.1) is 17.5 Å². The maximum atomic E-state index is 11.4. The lowest BCUT2D eigenvalue weighted by Gasteiger charge is -2.11. The van der Waals surface area contributed by atoms with Gasteiger partial charge in [0.25, 0.3) is 0 Å². The van der Waals surface area contributed by atoms with Crippen molar-refractivity contribution in [1.29, 1.82) is 0 Å². The van der Waals surface area contributed by atoms with E-state index in [1.165, 1.54) is 18.7 Å². The summed E-state index contributed by atoms with van der Waals surface area (Å²) in [7, 11) is 0. The van der Waals surface area contributed by atoms with Crippen LogP contribution in [0.25, 0.3) is 0 Å². The molecule has 0 bridgehead atoms. The van der Waals surface area contributed by atoms with Crippen LogP contribution >= 0.6 is 23.5 Å². The topological polar surface area (TPSA) is 71.5 Å². The number of carbonyl (C=O) groups excluding carboxylic acids is 4. The fourth-order valence-electron chi connectivity index (χ4n) is 1.43. The van der Waals surface area contributed by atoms with Gasteiger partial charge >= 0.3 is 0 Å². The number of likely N-dealkylation sites (tertiary alicyclic amines) is 1. The van der Waals surface area contributed by atoms with Crippen molar-refractivity contribution in [2.75, 3.05) is 24.8 Å². The van der Waals surface area contributed by atoms with Crippen LogP contribution in [0.2, 0.25) is 0 Å². The maximum absolute atomic E-state index is 11.4. The molecule has 1 fully saturated rings. The molecule has 1 aliphatic heterocycles. The van der Waals surface area contributed by atoms with Crippen molar-refractivity contribution >= 4 is 46.9 Å². The third kappa shape index (κ3) is 6.77. The van der Waals surface area contributed by atoms with Crippen molar-refractivity contribution in [3.63, 3.8) is 0 Å². The summed E-state index contributed by atoms with van der Waals surface area (Å²) in [5, 5.41) is -0.285. The zero-order valence-electron chi connectivity index (χ0n) is 11.6. The molecule has 1 atom stereocenters. The minimum absolute atomic E-state index is 0.0747. The summed E-state index contributed by atoms with van der Waals surface area (Å²) in [5.74, 6) is 0.276. The van der Waals surface area contributed by atoms with Gasteiger partial charge in [-0.25, -0.2) is 0 Å². The van der Waals surface area contributed by atoms with E-state index in [1.54, 1.807) is 24.9 Å². The molecule has 5 nitrogen and oxygen atoms in total. The van der Waals surface area contributed by atoms with Crippen LogP contribution in [0, 0.1) is 0 Å². The molecule has 1 saturated heterocycles. The molecule has 1 unspecified atom stereocenters. The lowest BCUT2D eigenvalue weighted by molar-refractivity contribution is -0.141. The Hall–Kier alpha value is -0.820. The molecule has 1 rings (SSSR count). The van der Waals surface area contributed by atoms with Gasteiger partial charge < -0.3 is 0 Å². The van der Waals surface area contributed by atoms with Crippen LogP contribution in [-0.2, 0) is 19.2 Å². The Morgan fingerprint density at radius 1 is 1.21 bits per heavy atom. The van der Waals surface area contributed by atoms with Gasteiger partial charge in [-0.05, 0) is 26.4 Å². The minimum Gasteiger partial charge on any atom is -0.299 e. The van der Waals surface area contributed by atoms with E-state index in [4.69, 9.17) is 0 Å². The lowest BCUT2D eigenvalue weighted by atomic mass is 10.4. The molecule has 0 aromatic carbocycles. The average Bonchev–Trinajstić information content (AvgIpc) is 2.56. The van der Waals surface area contributed by atoms with Crippen molar-refractivity contribution < 1.29 is 19.2 Å². The number of Topliss-reactive ketones (excluding diaryl/α,β-unsaturated/α-hetero) is 2. The molecule has 0 saturated carbocycles. The second kappa shape index (κ2) is 9.14. The number of rotatable bonds is 5. The van der Waals surface area contributed by atoms with Gasteiger partial charge in [-0.2, -0.15) is 23.5 Å². The van der Waals surface area contributed by atoms with Crippen LogP contribution in [-0.4, -0.2) is 58.3 Å². The largest absolute Gasteiger partial charge is 0.299 e. The number of hydrogen-bond donors (Lipinski definition) is 0. The summed E-state index contributed by atoms with van der Waals surface area (Å²) in [6.07, 6.45) is 3.93. The Balaban J connectivity index is 0.000000459. The fraction of sp³-hybridized carbons (Fsp3) is 0.667. The van der Waals surface area contributed by atoms with Gasteiger partial charge in [-0.1, -0.05) is 0 Å². The Bertz CT molecular complexity index is 371. The number of thioether (sulfide) groups is 2. The van der Waals surface area contributed by atoms with Crippen molar-refractivity contribution in [3.8, 4) is 0 Å². The first-order chi connectivity index (χ1) is 8.83. The van der Waals surface area contributed by atoms with E-state index in [2.05, 4.69) is 0 Å². The first kappa shape index (κ1) is 18.2. The minimum atomic E-state index is -0.285. The first-order valence-electron chi connectivity index (χ1n) is 5.68. The third-order valence-corrected chi connectivity index (χ3v) is 3.85. The van der Waals surface area contributed by atoms with Crippen LogP contribution in [0.15, 0.2) is 0 Å². The molecule has 108 valence electrons. The summed E-state index contributed by atoms with van der Waals surface area (Å²) in [6, 6.07) is 0. The van der Waals surface area contributed by atoms with Gasteiger partial charge in [0.2, 0.25) is 11.8 Å². The van der Waals surface area contributed by atoms with Crippen LogP contribution in [0.3, 0.4) is 0 Å². The molecule has 2 amide bonds. The average molecular weight is 305 g/mol. The predicted molar refractivity (Wildman–Crippen MR) is 78.4 cm³/mol. The SMILES string of the molecule is CSC1CC(=O)N(CC(C)=O)C1=O.CSCC(C)=O. The quantitative estimate of drug-likeness (QED) is 0.706. The summed E-state index contributed by atoms with van der Waals surface area (Å²) >= 11 is 2.91. The second-order valence-corrected chi connectivity index (χ2v) is 5.99. The smallest absolute Gasteiger partial charge is 0.243 e. The van der Waals surface area contributed by atoms with Crippen molar-refractivity contribution in [1.82, 2.24) is 4.90 Å². The molecule has 0 N–H and O–H groups in total. The summed E-state index contributed by atoms with van der Waals surface area (Å²) in [6.45, 7) is 2.89. The van der Waals surface area contributed by atoms with Gasteiger partial charge in [0, 0.05) is 6.42 Å². The van der Waals surface area contributed by atoms with E-state index < -0.39 is 0 Å². The number of nitrogens with zero attached hydrogens (tertiary/aromatic N) is 1. The zero-order valence-corrected chi connectivity index (χ0v) is 13.2. The van der Waals surface area contributed by atoms with Gasteiger partial charge in [-0.3, -0.25) is 24.1 Å². The number of carbonyl (C=O) groups is 4. The zero-order chi connectivity index (χ0) is 15.0. The number of amides is 2. The molecule has 0 radical (unpaired) electrons. The molecule has 0 spiro atoms. The number of imide groups is 1. The number of hydrogen-bond acceptors (Lipinski definition) is 6. The van der Waals surface area contributed by atoms with E-state index in [0.717, 1.165) is 4.90 Å². The molecule has 7 heteroatoms. The summed E-state index contributed by atoms with van der Waals surface area (Å²) in [5.41, 5.74) is 0. The van der Waals surface area contributed by atoms with Crippen LogP contribution in [0.1, 0.15) is 20.3 Å². The highest BCUT2D eigenvalue weighted by molar-refractivity contribution is 8.00. The molecule has 19 heavy (non-hydrogen) atoms. The lowest BCUT2D eigenvalue weighted by Crippen LogP contribution is -2.35. The Morgan fingerprint density at radius 3 is 2.05 bits per heavy atom. The van der Waals surface area contributed by atoms with Crippen LogP contribution < -0.4 is 0 Å². The predicted octanol–water partition coefficient (Wildman–Crippen LogP) is 1.00. The highest BCUT2D eigenvalue weighted by Crippen LogP contribution is 2.22. The van der Waals surface area contributed by atoms with E-state index >= 15 is 0 Å². The standard InChI is InChI=1S/C8H11NO3S.C4H8OS/c1-5(10)4-9-7(11)3-6(13-2)8(9)12;1-4(5)3-6-2/h6H,3-4H2,1-2H3;3H2,1-2H3. The molecule has 0 aromatic rings. The summed E-state index contributed by atoms with van der Waals surface area (Å²) < 4.78 is 0. The van der Waals surface area contributed by atoms with Crippen molar-refractivity contribution in [2.24, 2.45) is 0 Å². The third-order valence-electron chi connectivity index (χ3n) is 2.22. The Morgan fingerprint density at radius 2 is 1.79 bits per heavy atom.